The van der Waals surface area contributed by atoms with E-state index in [1.807, 2.05) is 0 Å². The number of hydrogen-bond acceptors (Lipinski definition) is 1. The molecule has 0 heterocycles. The minimum absolute atomic E-state index is 0.532. The summed E-state index contributed by atoms with van der Waals surface area (Å²) in [6, 6.07) is 0.532. The molecule has 0 bridgehead atoms. The van der Waals surface area contributed by atoms with E-state index in [-0.39, 0.29) is 0 Å². The topological polar surface area (TPSA) is 26.0 Å². The van der Waals surface area contributed by atoms with Gasteiger partial charge in [0.15, 0.2) is 0 Å². The molecule has 52 valence electrons. The van der Waals surface area contributed by atoms with Crippen molar-refractivity contribution in [2.75, 3.05) is 0 Å². The van der Waals surface area contributed by atoms with Crippen molar-refractivity contribution in [1.82, 2.24) is 0 Å². The van der Waals surface area contributed by atoms with E-state index in [0.717, 1.165) is 5.92 Å². The van der Waals surface area contributed by atoms with E-state index >= 15 is 0 Å². The van der Waals surface area contributed by atoms with Gasteiger partial charge in [-0.05, 0) is 37.0 Å². The van der Waals surface area contributed by atoms with Crippen LogP contribution in [0.2, 0.25) is 0 Å². The molecule has 9 heavy (non-hydrogen) atoms. The first-order chi connectivity index (χ1) is 4.23. The van der Waals surface area contributed by atoms with E-state index in [2.05, 4.69) is 6.92 Å². The molecule has 2 N–H and O–H groups in total. The first-order valence-corrected chi connectivity index (χ1v) is 3.99. The van der Waals surface area contributed by atoms with Crippen LogP contribution in [0.3, 0.4) is 0 Å². The fourth-order valence-corrected chi connectivity index (χ4v) is 2.02. The summed E-state index contributed by atoms with van der Waals surface area (Å²) in [4.78, 5) is 0. The molecule has 2 aliphatic rings. The molecule has 2 unspecified atom stereocenters. The molecular weight excluding hydrogens is 110 g/mol. The molecule has 2 aliphatic carbocycles. The molecule has 0 spiro atoms. The Morgan fingerprint density at radius 3 is 2.11 bits per heavy atom. The molecule has 0 radical (unpaired) electrons. The molecule has 1 nitrogen and oxygen atoms in total. The van der Waals surface area contributed by atoms with Gasteiger partial charge in [0.2, 0.25) is 0 Å². The van der Waals surface area contributed by atoms with Gasteiger partial charge in [0.05, 0.1) is 0 Å². The smallest absolute Gasteiger partial charge is 0.00957 e. The van der Waals surface area contributed by atoms with Crippen molar-refractivity contribution in [3.8, 4) is 0 Å². The van der Waals surface area contributed by atoms with Crippen LogP contribution in [-0.2, 0) is 0 Å². The van der Waals surface area contributed by atoms with Gasteiger partial charge in [0, 0.05) is 6.04 Å². The average Bonchev–Trinajstić information content (AvgIpc) is 2.64. The van der Waals surface area contributed by atoms with Crippen molar-refractivity contribution in [2.24, 2.45) is 17.1 Å². The van der Waals surface area contributed by atoms with Crippen molar-refractivity contribution in [3.05, 3.63) is 0 Å². The summed E-state index contributed by atoms with van der Waals surface area (Å²) < 4.78 is 0. The number of nitrogens with two attached hydrogens (primary N) is 1. The van der Waals surface area contributed by atoms with Gasteiger partial charge in [-0.3, -0.25) is 0 Å². The fraction of sp³-hybridized carbons (Fsp3) is 1.00. The molecule has 0 aromatic carbocycles. The van der Waals surface area contributed by atoms with Gasteiger partial charge in [-0.2, -0.15) is 0 Å². The van der Waals surface area contributed by atoms with E-state index in [1.165, 1.54) is 25.7 Å². The lowest BCUT2D eigenvalue weighted by Crippen LogP contribution is -2.50. The van der Waals surface area contributed by atoms with Crippen LogP contribution in [0.1, 0.15) is 32.6 Å². The second-order valence-electron chi connectivity index (χ2n) is 3.93. The highest BCUT2D eigenvalue weighted by Crippen LogP contribution is 2.55. The van der Waals surface area contributed by atoms with Crippen molar-refractivity contribution < 1.29 is 0 Å². The highest BCUT2D eigenvalue weighted by atomic mass is 14.8. The van der Waals surface area contributed by atoms with E-state index < -0.39 is 0 Å². The quantitative estimate of drug-likeness (QED) is 0.565. The zero-order valence-electron chi connectivity index (χ0n) is 6.06. The Bertz CT molecular complexity index is 125. The lowest BCUT2D eigenvalue weighted by atomic mass is 9.63. The second kappa shape index (κ2) is 1.51. The highest BCUT2D eigenvalue weighted by Gasteiger charge is 2.50. The van der Waals surface area contributed by atoms with Gasteiger partial charge in [-0.1, -0.05) is 6.92 Å². The van der Waals surface area contributed by atoms with Crippen LogP contribution in [-0.4, -0.2) is 6.04 Å². The summed E-state index contributed by atoms with van der Waals surface area (Å²) >= 11 is 0. The minimum atomic E-state index is 0.532. The van der Waals surface area contributed by atoms with Crippen LogP contribution < -0.4 is 5.73 Å². The van der Waals surface area contributed by atoms with E-state index in [0.29, 0.717) is 11.5 Å². The maximum atomic E-state index is 5.90. The number of hydrogen-bond donors (Lipinski definition) is 1. The number of rotatable bonds is 1. The lowest BCUT2D eigenvalue weighted by molar-refractivity contribution is 0.0885. The SMILES string of the molecule is CC1(C2CC2)CCC1N. The third-order valence-electron chi connectivity index (χ3n) is 3.35. The van der Waals surface area contributed by atoms with Gasteiger partial charge in [0.25, 0.3) is 0 Å². The first-order valence-electron chi connectivity index (χ1n) is 3.99. The predicted octanol–water partition coefficient (Wildman–Crippen LogP) is 1.52. The maximum absolute atomic E-state index is 5.90. The van der Waals surface area contributed by atoms with Crippen LogP contribution in [0, 0.1) is 11.3 Å². The summed E-state index contributed by atoms with van der Waals surface area (Å²) in [5.41, 5.74) is 6.47. The third-order valence-corrected chi connectivity index (χ3v) is 3.35. The molecule has 0 aromatic rings. The molecule has 2 rings (SSSR count). The maximum Gasteiger partial charge on any atom is 0.00957 e. The van der Waals surface area contributed by atoms with Crippen molar-refractivity contribution in [1.29, 1.82) is 0 Å². The monoisotopic (exact) mass is 125 g/mol. The molecule has 0 saturated heterocycles. The van der Waals surface area contributed by atoms with Crippen LogP contribution in [0.15, 0.2) is 0 Å². The second-order valence-corrected chi connectivity index (χ2v) is 3.93. The molecule has 2 saturated carbocycles. The van der Waals surface area contributed by atoms with Gasteiger partial charge in [0.1, 0.15) is 0 Å². The highest BCUT2D eigenvalue weighted by molar-refractivity contribution is 5.04. The molecule has 2 fully saturated rings. The Morgan fingerprint density at radius 1 is 1.33 bits per heavy atom. The molecule has 1 heteroatoms. The van der Waals surface area contributed by atoms with Crippen molar-refractivity contribution in [2.45, 2.75) is 38.6 Å². The van der Waals surface area contributed by atoms with Crippen molar-refractivity contribution in [3.63, 3.8) is 0 Å². The minimum Gasteiger partial charge on any atom is -0.327 e. The van der Waals surface area contributed by atoms with Gasteiger partial charge in [-0.15, -0.1) is 0 Å². The van der Waals surface area contributed by atoms with Gasteiger partial charge >= 0.3 is 0 Å². The normalized spacial score (nSPS) is 50.7. The summed E-state index contributed by atoms with van der Waals surface area (Å²) in [5.74, 6) is 1.00. The summed E-state index contributed by atoms with van der Waals surface area (Å²) in [7, 11) is 0. The molecular formula is C8H15N. The summed E-state index contributed by atoms with van der Waals surface area (Å²) in [5, 5.41) is 0. The Hall–Kier alpha value is -0.0400. The first kappa shape index (κ1) is 5.72. The van der Waals surface area contributed by atoms with Crippen molar-refractivity contribution >= 4 is 0 Å². The zero-order valence-corrected chi connectivity index (χ0v) is 6.06. The zero-order chi connectivity index (χ0) is 6.48. The van der Waals surface area contributed by atoms with Crippen LogP contribution in [0.5, 0.6) is 0 Å². The van der Waals surface area contributed by atoms with E-state index in [4.69, 9.17) is 5.73 Å². The third kappa shape index (κ3) is 0.644. The fourth-order valence-electron chi connectivity index (χ4n) is 2.02. The summed E-state index contributed by atoms with van der Waals surface area (Å²) in [6.07, 6.45) is 5.56. The summed E-state index contributed by atoms with van der Waals surface area (Å²) in [6.45, 7) is 2.36. The van der Waals surface area contributed by atoms with Crippen LogP contribution in [0.25, 0.3) is 0 Å². The molecule has 0 amide bonds. The van der Waals surface area contributed by atoms with E-state index in [9.17, 15) is 0 Å². The Morgan fingerprint density at radius 2 is 2.00 bits per heavy atom. The van der Waals surface area contributed by atoms with Crippen LogP contribution in [0.4, 0.5) is 0 Å². The standard InChI is InChI=1S/C8H15N/c1-8(6-2-3-6)5-4-7(8)9/h6-7H,2-5,9H2,1H3. The Labute approximate surface area is 56.6 Å². The van der Waals surface area contributed by atoms with Gasteiger partial charge in [-0.25, -0.2) is 0 Å². The molecule has 0 aromatic heterocycles. The lowest BCUT2D eigenvalue weighted by Gasteiger charge is -2.45. The predicted molar refractivity (Wildman–Crippen MR) is 38.0 cm³/mol. The largest absolute Gasteiger partial charge is 0.327 e. The van der Waals surface area contributed by atoms with Gasteiger partial charge < -0.3 is 5.73 Å². The average molecular weight is 125 g/mol. The van der Waals surface area contributed by atoms with E-state index in [1.54, 1.807) is 0 Å². The molecule has 2 atom stereocenters. The Kier molecular flexibility index (Phi) is 0.963. The Balaban J connectivity index is 2.04. The van der Waals surface area contributed by atoms with Crippen LogP contribution >= 0.6 is 0 Å². The molecule has 0 aliphatic heterocycles.